The monoisotopic (exact) mass is 324 g/mol. The van der Waals surface area contributed by atoms with Gasteiger partial charge in [-0.1, -0.05) is 29.3 Å². The van der Waals surface area contributed by atoms with Crippen LogP contribution < -0.4 is 0 Å². The molecule has 4 heteroatoms. The number of aromatic nitrogens is 1. The maximum atomic E-state index is 12.8. The van der Waals surface area contributed by atoms with Gasteiger partial charge in [-0.15, -0.1) is 11.3 Å². The highest BCUT2D eigenvalue weighted by Crippen LogP contribution is 2.29. The van der Waals surface area contributed by atoms with Crippen LogP contribution in [0.15, 0.2) is 42.5 Å². The van der Waals surface area contributed by atoms with Crippen molar-refractivity contribution in [2.45, 2.75) is 26.8 Å². The normalized spacial score (nSPS) is 12.3. The van der Waals surface area contributed by atoms with Crippen LogP contribution in [0.2, 0.25) is 0 Å². The lowest BCUT2D eigenvalue weighted by molar-refractivity contribution is 0.0742. The summed E-state index contributed by atoms with van der Waals surface area (Å²) in [4.78, 5) is 19.2. The Balaban J connectivity index is 1.88. The Bertz CT molecular complexity index is 815. The molecule has 0 aliphatic rings. The number of aryl methyl sites for hydroxylation is 2. The van der Waals surface area contributed by atoms with Gasteiger partial charge in [0.2, 0.25) is 0 Å². The van der Waals surface area contributed by atoms with E-state index in [0.717, 1.165) is 31.9 Å². The largest absolute Gasteiger partial charge is 0.333 e. The number of benzene rings is 2. The Morgan fingerprint density at radius 2 is 1.78 bits per heavy atom. The molecule has 118 valence electrons. The summed E-state index contributed by atoms with van der Waals surface area (Å²) in [5, 5.41) is 0.964. The molecule has 0 aliphatic heterocycles. The number of thiazole rings is 1. The van der Waals surface area contributed by atoms with Crippen molar-refractivity contribution in [1.82, 2.24) is 9.88 Å². The molecule has 3 nitrogen and oxygen atoms in total. The number of para-hydroxylation sites is 1. The molecule has 0 fully saturated rings. The lowest BCUT2D eigenvalue weighted by Crippen LogP contribution is -2.29. The van der Waals surface area contributed by atoms with Crippen molar-refractivity contribution in [3.63, 3.8) is 0 Å². The third-order valence-electron chi connectivity index (χ3n) is 4.04. The molecular weight excluding hydrogens is 304 g/mol. The molecule has 1 aromatic heterocycles. The highest BCUT2D eigenvalue weighted by molar-refractivity contribution is 7.18. The Morgan fingerprint density at radius 3 is 2.43 bits per heavy atom. The molecular formula is C19H20N2OS. The number of hydrogen-bond donors (Lipinski definition) is 0. The summed E-state index contributed by atoms with van der Waals surface area (Å²) >= 11 is 1.65. The van der Waals surface area contributed by atoms with Gasteiger partial charge in [-0.3, -0.25) is 4.79 Å². The Morgan fingerprint density at radius 1 is 1.13 bits per heavy atom. The van der Waals surface area contributed by atoms with E-state index >= 15 is 0 Å². The number of hydrogen-bond acceptors (Lipinski definition) is 3. The number of carbonyl (C=O) groups is 1. The van der Waals surface area contributed by atoms with Crippen LogP contribution in [0.3, 0.4) is 0 Å². The fraction of sp³-hybridized carbons (Fsp3) is 0.263. The number of nitrogens with zero attached hydrogens (tertiary/aromatic N) is 2. The van der Waals surface area contributed by atoms with Gasteiger partial charge in [0, 0.05) is 12.6 Å². The maximum Gasteiger partial charge on any atom is 0.254 e. The predicted octanol–water partition coefficient (Wildman–Crippen LogP) is 4.75. The topological polar surface area (TPSA) is 33.2 Å². The van der Waals surface area contributed by atoms with Crippen LogP contribution in [0, 0.1) is 13.8 Å². The molecule has 0 radical (unpaired) electrons. The molecule has 0 saturated carbocycles. The highest BCUT2D eigenvalue weighted by Gasteiger charge is 2.22. The van der Waals surface area contributed by atoms with Crippen LogP contribution in [-0.2, 0) is 0 Å². The van der Waals surface area contributed by atoms with Crippen molar-refractivity contribution in [2.24, 2.45) is 0 Å². The van der Waals surface area contributed by atoms with Crippen LogP contribution in [-0.4, -0.2) is 22.8 Å². The zero-order chi connectivity index (χ0) is 16.6. The zero-order valence-electron chi connectivity index (χ0n) is 13.8. The van der Waals surface area contributed by atoms with E-state index in [1.807, 2.05) is 58.2 Å². The van der Waals surface area contributed by atoms with Crippen LogP contribution in [0.4, 0.5) is 0 Å². The average molecular weight is 324 g/mol. The Labute approximate surface area is 140 Å². The molecule has 2 aromatic carbocycles. The average Bonchev–Trinajstić information content (AvgIpc) is 2.95. The molecule has 1 atom stereocenters. The first-order chi connectivity index (χ1) is 11.0. The fourth-order valence-corrected chi connectivity index (χ4v) is 3.77. The fourth-order valence-electron chi connectivity index (χ4n) is 2.71. The van der Waals surface area contributed by atoms with Gasteiger partial charge in [0.1, 0.15) is 5.01 Å². The first-order valence-electron chi connectivity index (χ1n) is 7.66. The van der Waals surface area contributed by atoms with Gasteiger partial charge in [-0.05, 0) is 45.0 Å². The van der Waals surface area contributed by atoms with Crippen molar-refractivity contribution in [1.29, 1.82) is 0 Å². The summed E-state index contributed by atoms with van der Waals surface area (Å²) in [5.41, 5.74) is 3.94. The Kier molecular flexibility index (Phi) is 4.18. The van der Waals surface area contributed by atoms with Crippen molar-refractivity contribution >= 4 is 27.5 Å². The molecule has 0 aliphatic carbocycles. The van der Waals surface area contributed by atoms with Crippen molar-refractivity contribution < 1.29 is 4.79 Å². The van der Waals surface area contributed by atoms with Crippen molar-refractivity contribution in [3.05, 3.63) is 64.2 Å². The highest BCUT2D eigenvalue weighted by atomic mass is 32.1. The third-order valence-corrected chi connectivity index (χ3v) is 5.24. The van der Waals surface area contributed by atoms with Gasteiger partial charge >= 0.3 is 0 Å². The molecule has 1 unspecified atom stereocenters. The molecule has 0 N–H and O–H groups in total. The molecule has 23 heavy (non-hydrogen) atoms. The summed E-state index contributed by atoms with van der Waals surface area (Å²) < 4.78 is 1.15. The van der Waals surface area contributed by atoms with E-state index in [4.69, 9.17) is 0 Å². The molecule has 0 spiro atoms. The third kappa shape index (κ3) is 3.13. The molecule has 3 aromatic rings. The second-order valence-corrected chi connectivity index (χ2v) is 7.05. The first kappa shape index (κ1) is 15.7. The van der Waals surface area contributed by atoms with Gasteiger partial charge in [0.25, 0.3) is 5.91 Å². The number of amides is 1. The van der Waals surface area contributed by atoms with Gasteiger partial charge in [0.15, 0.2) is 0 Å². The van der Waals surface area contributed by atoms with E-state index < -0.39 is 0 Å². The standard InChI is InChI=1S/C19H20N2OS/c1-12-9-13(2)11-15(10-12)19(22)21(4)14(3)18-20-16-7-5-6-8-17(16)23-18/h5-11,14H,1-4H3. The molecule has 0 saturated heterocycles. The van der Waals surface area contributed by atoms with E-state index in [9.17, 15) is 4.79 Å². The lowest BCUT2D eigenvalue weighted by atomic mass is 10.1. The molecule has 0 bridgehead atoms. The lowest BCUT2D eigenvalue weighted by Gasteiger charge is -2.23. The second-order valence-electron chi connectivity index (χ2n) is 5.99. The van der Waals surface area contributed by atoms with Gasteiger partial charge in [-0.2, -0.15) is 0 Å². The first-order valence-corrected chi connectivity index (χ1v) is 8.48. The molecule has 3 rings (SSSR count). The van der Waals surface area contributed by atoms with Crippen molar-refractivity contribution in [3.8, 4) is 0 Å². The van der Waals surface area contributed by atoms with Crippen LogP contribution in [0.1, 0.15) is 39.5 Å². The molecule has 1 heterocycles. The predicted molar refractivity (Wildman–Crippen MR) is 96.0 cm³/mol. The minimum absolute atomic E-state index is 0.0311. The van der Waals surface area contributed by atoms with Crippen molar-refractivity contribution in [2.75, 3.05) is 7.05 Å². The summed E-state index contributed by atoms with van der Waals surface area (Å²) in [6.45, 7) is 6.06. The number of rotatable bonds is 3. The van der Waals surface area contributed by atoms with E-state index in [0.29, 0.717) is 0 Å². The zero-order valence-corrected chi connectivity index (χ0v) is 14.6. The van der Waals surface area contributed by atoms with Gasteiger partial charge < -0.3 is 4.90 Å². The van der Waals surface area contributed by atoms with Gasteiger partial charge in [-0.25, -0.2) is 4.98 Å². The minimum Gasteiger partial charge on any atom is -0.333 e. The van der Waals surface area contributed by atoms with Gasteiger partial charge in [0.05, 0.1) is 16.3 Å². The Hall–Kier alpha value is -2.20. The molecule has 1 amide bonds. The van der Waals surface area contributed by atoms with E-state index in [1.165, 1.54) is 0 Å². The summed E-state index contributed by atoms with van der Waals surface area (Å²) in [6, 6.07) is 14.0. The summed E-state index contributed by atoms with van der Waals surface area (Å²) in [6.07, 6.45) is 0. The van der Waals surface area contributed by atoms with Crippen LogP contribution in [0.25, 0.3) is 10.2 Å². The smallest absolute Gasteiger partial charge is 0.254 e. The maximum absolute atomic E-state index is 12.8. The summed E-state index contributed by atoms with van der Waals surface area (Å²) in [7, 11) is 1.84. The number of fused-ring (bicyclic) bond motifs is 1. The minimum atomic E-state index is -0.0549. The SMILES string of the molecule is Cc1cc(C)cc(C(=O)N(C)C(C)c2nc3ccccc3s2)c1. The second kappa shape index (κ2) is 6.13. The van der Waals surface area contributed by atoms with E-state index in [1.54, 1.807) is 16.2 Å². The van der Waals surface area contributed by atoms with Crippen LogP contribution >= 0.6 is 11.3 Å². The van der Waals surface area contributed by atoms with E-state index in [2.05, 4.69) is 17.1 Å². The quantitative estimate of drug-likeness (QED) is 0.697. The number of carbonyl (C=O) groups excluding carboxylic acids is 1. The van der Waals surface area contributed by atoms with Crippen LogP contribution in [0.5, 0.6) is 0 Å². The summed E-state index contributed by atoms with van der Waals surface area (Å²) in [5.74, 6) is 0.0311. The van der Waals surface area contributed by atoms with E-state index in [-0.39, 0.29) is 11.9 Å².